The Morgan fingerprint density at radius 1 is 1.22 bits per heavy atom. The van der Waals surface area contributed by atoms with Crippen LogP contribution in [0.5, 0.6) is 0 Å². The molecule has 128 valence electrons. The summed E-state index contributed by atoms with van der Waals surface area (Å²) in [6, 6.07) is 2.10. The fourth-order valence-electron chi connectivity index (χ4n) is 3.74. The van der Waals surface area contributed by atoms with Crippen LogP contribution in [-0.4, -0.2) is 72.0 Å². The van der Waals surface area contributed by atoms with Gasteiger partial charge in [-0.3, -0.25) is 9.69 Å². The zero-order chi connectivity index (χ0) is 16.9. The van der Waals surface area contributed by atoms with Gasteiger partial charge in [-0.05, 0) is 26.3 Å². The Bertz CT molecular complexity index is 470. The van der Waals surface area contributed by atoms with Crippen molar-refractivity contribution in [3.05, 3.63) is 12.2 Å². The minimum Gasteiger partial charge on any atom is -0.342 e. The number of carbonyl (C=O) groups is 1. The molecule has 2 aliphatic rings. The Morgan fingerprint density at radius 3 is 2.35 bits per heavy atom. The number of hydrogen-bond acceptors (Lipinski definition) is 4. The SMILES string of the molecule is CCN1CCN(C(C)(C=CC#N)C(C)C(=O)N2CCCC2)CC1. The van der Waals surface area contributed by atoms with Crippen molar-refractivity contribution in [3.8, 4) is 6.07 Å². The summed E-state index contributed by atoms with van der Waals surface area (Å²) in [4.78, 5) is 19.7. The molecule has 2 atom stereocenters. The first-order valence-electron chi connectivity index (χ1n) is 8.86. The third-order valence-corrected chi connectivity index (χ3v) is 5.66. The van der Waals surface area contributed by atoms with Crippen molar-refractivity contribution in [2.45, 2.75) is 39.2 Å². The van der Waals surface area contributed by atoms with E-state index in [0.29, 0.717) is 0 Å². The Hall–Kier alpha value is -1.38. The van der Waals surface area contributed by atoms with Gasteiger partial charge in [-0.25, -0.2) is 0 Å². The van der Waals surface area contributed by atoms with Gasteiger partial charge in [-0.1, -0.05) is 19.9 Å². The molecule has 0 aromatic carbocycles. The number of allylic oxidation sites excluding steroid dienone is 1. The van der Waals surface area contributed by atoms with Crippen molar-refractivity contribution in [2.75, 3.05) is 45.8 Å². The maximum Gasteiger partial charge on any atom is 0.227 e. The Balaban J connectivity index is 2.15. The lowest BCUT2D eigenvalue weighted by molar-refractivity contribution is -0.138. The normalized spacial score (nSPS) is 24.5. The summed E-state index contributed by atoms with van der Waals surface area (Å²) in [6.45, 7) is 13.1. The van der Waals surface area contributed by atoms with Crippen LogP contribution in [0.25, 0.3) is 0 Å². The molecule has 23 heavy (non-hydrogen) atoms. The minimum absolute atomic E-state index is 0.140. The van der Waals surface area contributed by atoms with Crippen LogP contribution in [0.3, 0.4) is 0 Å². The van der Waals surface area contributed by atoms with Gasteiger partial charge in [-0.15, -0.1) is 0 Å². The highest BCUT2D eigenvalue weighted by Gasteiger charge is 2.41. The second kappa shape index (κ2) is 7.94. The number of nitriles is 1. The summed E-state index contributed by atoms with van der Waals surface area (Å²) in [6.07, 6.45) is 5.70. The molecule has 0 aromatic heterocycles. The largest absolute Gasteiger partial charge is 0.342 e. The average Bonchev–Trinajstić information content (AvgIpc) is 3.13. The van der Waals surface area contributed by atoms with Crippen molar-refractivity contribution in [1.82, 2.24) is 14.7 Å². The maximum atomic E-state index is 12.9. The van der Waals surface area contributed by atoms with E-state index in [1.807, 2.05) is 17.9 Å². The van der Waals surface area contributed by atoms with E-state index in [1.54, 1.807) is 6.08 Å². The zero-order valence-electron chi connectivity index (χ0n) is 14.8. The number of amides is 1. The number of carbonyl (C=O) groups excluding carboxylic acids is 1. The van der Waals surface area contributed by atoms with Crippen molar-refractivity contribution in [1.29, 1.82) is 5.26 Å². The van der Waals surface area contributed by atoms with Crippen molar-refractivity contribution >= 4 is 5.91 Å². The summed E-state index contributed by atoms with van der Waals surface area (Å²) >= 11 is 0. The zero-order valence-corrected chi connectivity index (χ0v) is 14.8. The Kier molecular flexibility index (Phi) is 6.20. The lowest BCUT2D eigenvalue weighted by Crippen LogP contribution is -2.60. The lowest BCUT2D eigenvalue weighted by atomic mass is 9.83. The van der Waals surface area contributed by atoms with Gasteiger partial charge in [0.15, 0.2) is 0 Å². The molecule has 0 bridgehead atoms. The van der Waals surface area contributed by atoms with Crippen molar-refractivity contribution < 1.29 is 4.79 Å². The second-order valence-electron chi connectivity index (χ2n) is 6.86. The third kappa shape index (κ3) is 3.94. The van der Waals surface area contributed by atoms with Gasteiger partial charge in [0.1, 0.15) is 0 Å². The number of likely N-dealkylation sites (N-methyl/N-ethyl adjacent to an activating group) is 1. The first kappa shape index (κ1) is 18.0. The van der Waals surface area contributed by atoms with E-state index < -0.39 is 5.54 Å². The highest BCUT2D eigenvalue weighted by atomic mass is 16.2. The van der Waals surface area contributed by atoms with Crippen LogP contribution in [-0.2, 0) is 4.79 Å². The predicted octanol–water partition coefficient (Wildman–Crippen LogP) is 1.72. The van der Waals surface area contributed by atoms with Crippen LogP contribution in [0.2, 0.25) is 0 Å². The first-order valence-corrected chi connectivity index (χ1v) is 8.86. The van der Waals surface area contributed by atoms with Crippen molar-refractivity contribution in [2.24, 2.45) is 5.92 Å². The van der Waals surface area contributed by atoms with E-state index in [9.17, 15) is 4.79 Å². The fourth-order valence-corrected chi connectivity index (χ4v) is 3.74. The molecule has 0 N–H and O–H groups in total. The molecule has 5 heteroatoms. The van der Waals surface area contributed by atoms with Gasteiger partial charge in [0.05, 0.1) is 12.0 Å². The molecule has 2 unspecified atom stereocenters. The van der Waals surface area contributed by atoms with Gasteiger partial charge in [0.25, 0.3) is 0 Å². The van der Waals surface area contributed by atoms with Crippen LogP contribution in [0.1, 0.15) is 33.6 Å². The van der Waals surface area contributed by atoms with E-state index in [4.69, 9.17) is 5.26 Å². The molecule has 0 radical (unpaired) electrons. The number of rotatable bonds is 5. The molecule has 2 rings (SSSR count). The van der Waals surface area contributed by atoms with E-state index in [2.05, 4.69) is 29.7 Å². The second-order valence-corrected chi connectivity index (χ2v) is 6.86. The Labute approximate surface area is 140 Å². The van der Waals surface area contributed by atoms with Gasteiger partial charge in [0.2, 0.25) is 5.91 Å². The summed E-state index contributed by atoms with van der Waals surface area (Å²) in [7, 11) is 0. The molecular weight excluding hydrogens is 288 g/mol. The van der Waals surface area contributed by atoms with Gasteiger partial charge >= 0.3 is 0 Å². The molecule has 0 spiro atoms. The number of hydrogen-bond donors (Lipinski definition) is 0. The molecule has 5 nitrogen and oxygen atoms in total. The quantitative estimate of drug-likeness (QED) is 0.724. The Morgan fingerprint density at radius 2 is 1.83 bits per heavy atom. The van der Waals surface area contributed by atoms with E-state index >= 15 is 0 Å². The number of piperazine rings is 1. The summed E-state index contributed by atoms with van der Waals surface area (Å²) in [5, 5.41) is 8.98. The third-order valence-electron chi connectivity index (χ3n) is 5.66. The van der Waals surface area contributed by atoms with E-state index in [-0.39, 0.29) is 11.8 Å². The van der Waals surface area contributed by atoms with Crippen molar-refractivity contribution in [3.63, 3.8) is 0 Å². The summed E-state index contributed by atoms with van der Waals surface area (Å²) in [5.41, 5.74) is -0.394. The molecule has 2 aliphatic heterocycles. The van der Waals surface area contributed by atoms with E-state index in [0.717, 1.165) is 58.7 Å². The van der Waals surface area contributed by atoms with Crippen LogP contribution in [0, 0.1) is 17.2 Å². The summed E-state index contributed by atoms with van der Waals surface area (Å²) < 4.78 is 0. The standard InChI is InChI=1S/C18H30N4O/c1-4-20-12-14-22(15-13-20)18(3,8-7-9-19)16(2)17(23)21-10-5-6-11-21/h7-8,16H,4-6,10-15H2,1-3H3. The number of likely N-dealkylation sites (tertiary alicyclic amines) is 1. The van der Waals surface area contributed by atoms with Gasteiger partial charge < -0.3 is 9.80 Å². The molecule has 0 aromatic rings. The van der Waals surface area contributed by atoms with Crippen LogP contribution in [0.15, 0.2) is 12.2 Å². The fraction of sp³-hybridized carbons (Fsp3) is 0.778. The monoisotopic (exact) mass is 318 g/mol. The smallest absolute Gasteiger partial charge is 0.227 e. The highest BCUT2D eigenvalue weighted by Crippen LogP contribution is 2.30. The lowest BCUT2D eigenvalue weighted by Gasteiger charge is -2.47. The average molecular weight is 318 g/mol. The molecule has 0 saturated carbocycles. The molecular formula is C18H30N4O. The van der Waals surface area contributed by atoms with Crippen LogP contribution in [0.4, 0.5) is 0 Å². The van der Waals surface area contributed by atoms with Gasteiger partial charge in [-0.2, -0.15) is 5.26 Å². The topological polar surface area (TPSA) is 50.6 Å². The number of nitrogens with zero attached hydrogens (tertiary/aromatic N) is 4. The van der Waals surface area contributed by atoms with Crippen LogP contribution < -0.4 is 0 Å². The maximum absolute atomic E-state index is 12.9. The molecule has 2 heterocycles. The van der Waals surface area contributed by atoms with Gasteiger partial charge in [0, 0.05) is 50.9 Å². The highest BCUT2D eigenvalue weighted by molar-refractivity contribution is 5.80. The van der Waals surface area contributed by atoms with E-state index in [1.165, 1.54) is 0 Å². The minimum atomic E-state index is -0.394. The summed E-state index contributed by atoms with van der Waals surface area (Å²) in [5.74, 6) is 0.0869. The molecule has 1 amide bonds. The first-order chi connectivity index (χ1) is 11.0. The molecule has 0 aliphatic carbocycles. The molecule has 2 fully saturated rings. The van der Waals surface area contributed by atoms with Crippen LogP contribution >= 0.6 is 0 Å². The molecule has 2 saturated heterocycles. The predicted molar refractivity (Wildman–Crippen MR) is 91.8 cm³/mol.